The summed E-state index contributed by atoms with van der Waals surface area (Å²) in [5.74, 6) is 1.92. The molecule has 1 atom stereocenters. The first-order valence-electron chi connectivity index (χ1n) is 5.61. The molecule has 0 saturated carbocycles. The molecule has 0 heterocycles. The lowest BCUT2D eigenvalue weighted by Crippen LogP contribution is -2.08. The Hall–Kier alpha value is -0.470. The summed E-state index contributed by atoms with van der Waals surface area (Å²) < 4.78 is 0. The topological polar surface area (TPSA) is 26.0 Å². The second-order valence-electron chi connectivity index (χ2n) is 4.29. The van der Waals surface area contributed by atoms with Crippen molar-refractivity contribution in [1.29, 1.82) is 0 Å². The monoisotopic (exact) mass is 223 g/mol. The van der Waals surface area contributed by atoms with E-state index < -0.39 is 0 Å². The molecule has 1 aromatic carbocycles. The van der Waals surface area contributed by atoms with Gasteiger partial charge in [0.25, 0.3) is 0 Å². The molecule has 0 aliphatic carbocycles. The molecule has 0 radical (unpaired) electrons. The SMILES string of the molecule is CC[C@@H](N)c1ccc(SCC(C)C)cc1. The largest absolute Gasteiger partial charge is 0.324 e. The molecule has 2 heteroatoms. The smallest absolute Gasteiger partial charge is 0.0292 e. The summed E-state index contributed by atoms with van der Waals surface area (Å²) in [6.07, 6.45) is 0.998. The third-order valence-electron chi connectivity index (χ3n) is 2.33. The Morgan fingerprint density at radius 3 is 2.27 bits per heavy atom. The fourth-order valence-corrected chi connectivity index (χ4v) is 2.16. The van der Waals surface area contributed by atoms with E-state index in [9.17, 15) is 0 Å². The van der Waals surface area contributed by atoms with E-state index in [1.54, 1.807) is 0 Å². The van der Waals surface area contributed by atoms with Gasteiger partial charge in [0.05, 0.1) is 0 Å². The maximum absolute atomic E-state index is 5.96. The number of rotatable bonds is 5. The number of thioether (sulfide) groups is 1. The molecule has 0 aliphatic rings. The van der Waals surface area contributed by atoms with Crippen LogP contribution in [-0.2, 0) is 0 Å². The van der Waals surface area contributed by atoms with Crippen LogP contribution < -0.4 is 5.73 Å². The van der Waals surface area contributed by atoms with Gasteiger partial charge in [-0.15, -0.1) is 11.8 Å². The van der Waals surface area contributed by atoms with Gasteiger partial charge in [0, 0.05) is 16.7 Å². The summed E-state index contributed by atoms with van der Waals surface area (Å²) in [4.78, 5) is 1.34. The van der Waals surface area contributed by atoms with E-state index in [0.29, 0.717) is 0 Å². The van der Waals surface area contributed by atoms with Gasteiger partial charge in [0.15, 0.2) is 0 Å². The highest BCUT2D eigenvalue weighted by molar-refractivity contribution is 7.99. The van der Waals surface area contributed by atoms with E-state index in [1.165, 1.54) is 16.2 Å². The standard InChI is InChI=1S/C13H21NS/c1-4-13(14)11-5-7-12(8-6-11)15-9-10(2)3/h5-8,10,13H,4,9,14H2,1-3H3/t13-/m1/s1. The van der Waals surface area contributed by atoms with Crippen LogP contribution in [0.25, 0.3) is 0 Å². The van der Waals surface area contributed by atoms with E-state index in [1.807, 2.05) is 11.8 Å². The minimum atomic E-state index is 0.189. The quantitative estimate of drug-likeness (QED) is 0.767. The maximum Gasteiger partial charge on any atom is 0.0292 e. The summed E-state index contributed by atoms with van der Waals surface area (Å²) in [7, 11) is 0. The molecule has 0 unspecified atom stereocenters. The van der Waals surface area contributed by atoms with Crippen LogP contribution in [0.5, 0.6) is 0 Å². The molecule has 1 nitrogen and oxygen atoms in total. The van der Waals surface area contributed by atoms with Crippen molar-refractivity contribution in [3.8, 4) is 0 Å². The lowest BCUT2D eigenvalue weighted by molar-refractivity contribution is 0.698. The maximum atomic E-state index is 5.96. The Bertz CT molecular complexity index is 279. The highest BCUT2D eigenvalue weighted by atomic mass is 32.2. The Labute approximate surface area is 97.4 Å². The number of nitrogens with two attached hydrogens (primary N) is 1. The number of hydrogen-bond donors (Lipinski definition) is 1. The summed E-state index contributed by atoms with van der Waals surface area (Å²) >= 11 is 1.92. The molecule has 0 spiro atoms. The van der Waals surface area contributed by atoms with Gasteiger partial charge < -0.3 is 5.73 Å². The van der Waals surface area contributed by atoms with Crippen molar-refractivity contribution >= 4 is 11.8 Å². The number of hydrogen-bond acceptors (Lipinski definition) is 2. The summed E-state index contributed by atoms with van der Waals surface area (Å²) in [6, 6.07) is 8.85. The van der Waals surface area contributed by atoms with Gasteiger partial charge in [0.1, 0.15) is 0 Å². The van der Waals surface area contributed by atoms with Crippen LogP contribution in [-0.4, -0.2) is 5.75 Å². The van der Waals surface area contributed by atoms with Crippen molar-refractivity contribution in [3.63, 3.8) is 0 Å². The van der Waals surface area contributed by atoms with Crippen molar-refractivity contribution in [2.45, 2.75) is 38.1 Å². The molecule has 2 N–H and O–H groups in total. The average Bonchev–Trinajstić information content (AvgIpc) is 2.26. The van der Waals surface area contributed by atoms with Gasteiger partial charge in [-0.25, -0.2) is 0 Å². The van der Waals surface area contributed by atoms with Crippen LogP contribution in [0.1, 0.15) is 38.8 Å². The van der Waals surface area contributed by atoms with Crippen LogP contribution in [0.3, 0.4) is 0 Å². The second kappa shape index (κ2) is 6.19. The van der Waals surface area contributed by atoms with Crippen molar-refractivity contribution < 1.29 is 0 Å². The molecule has 15 heavy (non-hydrogen) atoms. The molecule has 0 amide bonds. The predicted octanol–water partition coefficient (Wildman–Crippen LogP) is 3.84. The summed E-state index contributed by atoms with van der Waals surface area (Å²) in [6.45, 7) is 6.61. The van der Waals surface area contributed by atoms with E-state index in [4.69, 9.17) is 5.73 Å². The minimum absolute atomic E-state index is 0.189. The van der Waals surface area contributed by atoms with E-state index in [-0.39, 0.29) is 6.04 Å². The van der Waals surface area contributed by atoms with Crippen molar-refractivity contribution in [3.05, 3.63) is 29.8 Å². The normalized spacial score (nSPS) is 13.1. The molecular formula is C13H21NS. The van der Waals surface area contributed by atoms with E-state index in [0.717, 1.165) is 12.3 Å². The molecule has 0 saturated heterocycles. The fraction of sp³-hybridized carbons (Fsp3) is 0.538. The molecular weight excluding hydrogens is 202 g/mol. The van der Waals surface area contributed by atoms with Crippen molar-refractivity contribution in [2.24, 2.45) is 11.7 Å². The summed E-state index contributed by atoms with van der Waals surface area (Å²) in [5.41, 5.74) is 7.20. The molecule has 84 valence electrons. The van der Waals surface area contributed by atoms with Gasteiger partial charge in [-0.2, -0.15) is 0 Å². The highest BCUT2D eigenvalue weighted by Gasteiger charge is 2.03. The third kappa shape index (κ3) is 4.27. The Balaban J connectivity index is 2.56. The van der Waals surface area contributed by atoms with Crippen molar-refractivity contribution in [1.82, 2.24) is 0 Å². The molecule has 0 fully saturated rings. The zero-order valence-corrected chi connectivity index (χ0v) is 10.7. The van der Waals surface area contributed by atoms with Crippen LogP contribution >= 0.6 is 11.8 Å². The van der Waals surface area contributed by atoms with Crippen LogP contribution in [0.2, 0.25) is 0 Å². The average molecular weight is 223 g/mol. The molecule has 1 rings (SSSR count). The van der Waals surface area contributed by atoms with Crippen LogP contribution in [0.15, 0.2) is 29.2 Å². The highest BCUT2D eigenvalue weighted by Crippen LogP contribution is 2.23. The lowest BCUT2D eigenvalue weighted by Gasteiger charge is -2.10. The third-order valence-corrected chi connectivity index (χ3v) is 3.77. The van der Waals surface area contributed by atoms with Gasteiger partial charge in [-0.3, -0.25) is 0 Å². The van der Waals surface area contributed by atoms with Gasteiger partial charge in [-0.05, 0) is 30.0 Å². The minimum Gasteiger partial charge on any atom is -0.324 e. The van der Waals surface area contributed by atoms with Gasteiger partial charge >= 0.3 is 0 Å². The zero-order chi connectivity index (χ0) is 11.3. The fourth-order valence-electron chi connectivity index (χ4n) is 1.31. The number of benzene rings is 1. The van der Waals surface area contributed by atoms with E-state index in [2.05, 4.69) is 45.0 Å². The molecule has 0 bridgehead atoms. The van der Waals surface area contributed by atoms with Crippen LogP contribution in [0.4, 0.5) is 0 Å². The molecule has 0 aromatic heterocycles. The first-order chi connectivity index (χ1) is 7.13. The van der Waals surface area contributed by atoms with Gasteiger partial charge in [0.2, 0.25) is 0 Å². The van der Waals surface area contributed by atoms with Crippen molar-refractivity contribution in [2.75, 3.05) is 5.75 Å². The molecule has 1 aromatic rings. The van der Waals surface area contributed by atoms with Crippen LogP contribution in [0, 0.1) is 5.92 Å². The first-order valence-corrected chi connectivity index (χ1v) is 6.60. The first kappa shape index (κ1) is 12.6. The van der Waals surface area contributed by atoms with Gasteiger partial charge in [-0.1, -0.05) is 32.9 Å². The summed E-state index contributed by atoms with van der Waals surface area (Å²) in [5, 5.41) is 0. The Morgan fingerprint density at radius 1 is 1.20 bits per heavy atom. The lowest BCUT2D eigenvalue weighted by atomic mass is 10.1. The van der Waals surface area contributed by atoms with E-state index >= 15 is 0 Å². The zero-order valence-electron chi connectivity index (χ0n) is 9.86. The Kier molecular flexibility index (Phi) is 5.20. The second-order valence-corrected chi connectivity index (χ2v) is 5.38. The predicted molar refractivity (Wildman–Crippen MR) is 69.2 cm³/mol. The Morgan fingerprint density at radius 2 is 1.80 bits per heavy atom. The molecule has 0 aliphatic heterocycles.